The average molecular weight is 384 g/mol. The van der Waals surface area contributed by atoms with E-state index in [9.17, 15) is 0 Å². The van der Waals surface area contributed by atoms with E-state index in [4.69, 9.17) is 16.6 Å². The molecule has 0 aliphatic rings. The molecule has 0 unspecified atom stereocenters. The third-order valence-electron chi connectivity index (χ3n) is 3.64. The summed E-state index contributed by atoms with van der Waals surface area (Å²) in [6, 6.07) is 17.8. The van der Waals surface area contributed by atoms with Crippen molar-refractivity contribution in [3.63, 3.8) is 0 Å². The van der Waals surface area contributed by atoms with Crippen molar-refractivity contribution in [3.05, 3.63) is 69.9 Å². The molecule has 3 nitrogen and oxygen atoms in total. The lowest BCUT2D eigenvalue weighted by Crippen LogP contribution is -1.89. The lowest BCUT2D eigenvalue weighted by Gasteiger charge is -2.01. The fourth-order valence-corrected chi connectivity index (χ4v) is 4.37. The Labute approximate surface area is 159 Å². The van der Waals surface area contributed by atoms with Gasteiger partial charge in [-0.05, 0) is 25.1 Å². The summed E-state index contributed by atoms with van der Waals surface area (Å²) in [6.45, 7) is 2.10. The van der Waals surface area contributed by atoms with E-state index < -0.39 is 0 Å². The molecule has 2 aromatic carbocycles. The highest BCUT2D eigenvalue weighted by atomic mass is 35.5. The number of nitrogens with one attached hydrogen (secondary N) is 1. The molecule has 6 heteroatoms. The number of thiazole rings is 2. The summed E-state index contributed by atoms with van der Waals surface area (Å²) in [5.41, 5.74) is 3.98. The molecule has 2 heterocycles. The first kappa shape index (κ1) is 16.3. The highest BCUT2D eigenvalue weighted by Gasteiger charge is 2.14. The van der Waals surface area contributed by atoms with Crippen LogP contribution in [0.15, 0.2) is 60.0 Å². The average Bonchev–Trinajstić information content (AvgIpc) is 3.22. The smallest absolute Gasteiger partial charge is 0.187 e. The van der Waals surface area contributed by atoms with E-state index in [0.29, 0.717) is 5.02 Å². The van der Waals surface area contributed by atoms with Crippen LogP contribution in [0.2, 0.25) is 5.02 Å². The Balaban J connectivity index is 1.60. The number of aryl methyl sites for hydroxylation is 1. The number of benzene rings is 2. The molecule has 2 aromatic heterocycles. The molecular weight excluding hydrogens is 370 g/mol. The molecule has 0 bridgehead atoms. The van der Waals surface area contributed by atoms with Gasteiger partial charge < -0.3 is 5.32 Å². The lowest BCUT2D eigenvalue weighted by molar-refractivity contribution is 1.32. The minimum Gasteiger partial charge on any atom is -0.331 e. The quantitative estimate of drug-likeness (QED) is 0.429. The fourth-order valence-electron chi connectivity index (χ4n) is 2.49. The van der Waals surface area contributed by atoms with Gasteiger partial charge in [0.15, 0.2) is 5.13 Å². The molecule has 0 atom stereocenters. The Morgan fingerprint density at radius 3 is 2.64 bits per heavy atom. The monoisotopic (exact) mass is 383 g/mol. The molecule has 0 saturated carbocycles. The summed E-state index contributed by atoms with van der Waals surface area (Å²) in [5, 5.41) is 7.78. The molecule has 124 valence electrons. The van der Waals surface area contributed by atoms with Crippen LogP contribution in [0.1, 0.15) is 4.88 Å². The van der Waals surface area contributed by atoms with Gasteiger partial charge in [0.25, 0.3) is 0 Å². The molecule has 4 aromatic rings. The standard InChI is InChI=1S/C19H14ClN3S2/c1-12-17(13-6-3-2-4-7-13)23-18(25-12)16-11-24-19(22-16)21-15-9-5-8-14(20)10-15/h2-11H,1H3,(H,21,22). The Kier molecular flexibility index (Phi) is 4.53. The molecule has 0 fully saturated rings. The van der Waals surface area contributed by atoms with Crippen molar-refractivity contribution in [2.45, 2.75) is 6.92 Å². The number of nitrogens with zero attached hydrogens (tertiary/aromatic N) is 2. The maximum Gasteiger partial charge on any atom is 0.187 e. The molecular formula is C19H14ClN3S2. The molecule has 0 saturated heterocycles. The summed E-state index contributed by atoms with van der Waals surface area (Å²) < 4.78 is 0. The number of hydrogen-bond acceptors (Lipinski definition) is 5. The van der Waals surface area contributed by atoms with Gasteiger partial charge in [0.05, 0.1) is 5.69 Å². The van der Waals surface area contributed by atoms with E-state index in [-0.39, 0.29) is 0 Å². The molecule has 25 heavy (non-hydrogen) atoms. The molecule has 0 amide bonds. The van der Waals surface area contributed by atoms with Gasteiger partial charge in [-0.2, -0.15) is 0 Å². The van der Waals surface area contributed by atoms with Crippen LogP contribution in [0, 0.1) is 6.92 Å². The Morgan fingerprint density at radius 2 is 1.84 bits per heavy atom. The zero-order valence-electron chi connectivity index (χ0n) is 13.4. The van der Waals surface area contributed by atoms with E-state index in [2.05, 4.69) is 29.4 Å². The van der Waals surface area contributed by atoms with Gasteiger partial charge in [0, 0.05) is 26.5 Å². The maximum atomic E-state index is 6.03. The summed E-state index contributed by atoms with van der Waals surface area (Å²) in [7, 11) is 0. The zero-order chi connectivity index (χ0) is 17.2. The van der Waals surface area contributed by atoms with E-state index in [1.54, 1.807) is 22.7 Å². The zero-order valence-corrected chi connectivity index (χ0v) is 15.8. The van der Waals surface area contributed by atoms with Gasteiger partial charge in [-0.3, -0.25) is 0 Å². The van der Waals surface area contributed by atoms with Crippen molar-refractivity contribution >= 4 is 45.1 Å². The number of anilines is 2. The van der Waals surface area contributed by atoms with Crippen molar-refractivity contribution < 1.29 is 0 Å². The predicted octanol–water partition coefficient (Wildman–Crippen LogP) is 6.64. The van der Waals surface area contributed by atoms with Gasteiger partial charge in [0.1, 0.15) is 10.7 Å². The Bertz CT molecular complexity index is 1010. The molecule has 0 spiro atoms. The van der Waals surface area contributed by atoms with Crippen LogP contribution < -0.4 is 5.32 Å². The van der Waals surface area contributed by atoms with Crippen molar-refractivity contribution in [2.75, 3.05) is 5.32 Å². The van der Waals surface area contributed by atoms with Gasteiger partial charge in [-0.1, -0.05) is 48.0 Å². The minimum absolute atomic E-state index is 0.699. The van der Waals surface area contributed by atoms with Crippen LogP contribution in [0.3, 0.4) is 0 Å². The van der Waals surface area contributed by atoms with Gasteiger partial charge >= 0.3 is 0 Å². The largest absolute Gasteiger partial charge is 0.331 e. The second-order valence-corrected chi connectivity index (χ2v) is 7.96. The number of hydrogen-bond donors (Lipinski definition) is 1. The van der Waals surface area contributed by atoms with Crippen LogP contribution in [-0.2, 0) is 0 Å². The summed E-state index contributed by atoms with van der Waals surface area (Å²) >= 11 is 9.25. The van der Waals surface area contributed by atoms with Gasteiger partial charge in [-0.25, -0.2) is 9.97 Å². The van der Waals surface area contributed by atoms with Crippen LogP contribution in [0.25, 0.3) is 22.0 Å². The summed E-state index contributed by atoms with van der Waals surface area (Å²) in [6.07, 6.45) is 0. The Hall–Kier alpha value is -2.21. The Morgan fingerprint density at radius 1 is 1.00 bits per heavy atom. The van der Waals surface area contributed by atoms with Gasteiger partial charge in [0.2, 0.25) is 0 Å². The first-order chi connectivity index (χ1) is 12.2. The summed E-state index contributed by atoms with van der Waals surface area (Å²) in [5.74, 6) is 0. The van der Waals surface area contributed by atoms with E-state index in [1.165, 1.54) is 4.88 Å². The van der Waals surface area contributed by atoms with Crippen LogP contribution in [-0.4, -0.2) is 9.97 Å². The minimum atomic E-state index is 0.699. The number of halogens is 1. The molecule has 4 rings (SSSR count). The van der Waals surface area contributed by atoms with Crippen molar-refractivity contribution in [1.82, 2.24) is 9.97 Å². The third kappa shape index (κ3) is 3.58. The highest BCUT2D eigenvalue weighted by molar-refractivity contribution is 7.17. The molecule has 0 radical (unpaired) electrons. The van der Waals surface area contributed by atoms with Crippen molar-refractivity contribution in [1.29, 1.82) is 0 Å². The predicted molar refractivity (Wildman–Crippen MR) is 108 cm³/mol. The van der Waals surface area contributed by atoms with E-state index in [0.717, 1.165) is 32.8 Å². The van der Waals surface area contributed by atoms with Crippen molar-refractivity contribution in [3.8, 4) is 22.0 Å². The molecule has 1 N–H and O–H groups in total. The second kappa shape index (κ2) is 6.96. The number of rotatable bonds is 4. The maximum absolute atomic E-state index is 6.03. The van der Waals surface area contributed by atoms with Crippen molar-refractivity contribution in [2.24, 2.45) is 0 Å². The number of aromatic nitrogens is 2. The first-order valence-electron chi connectivity index (χ1n) is 7.70. The molecule has 0 aliphatic carbocycles. The summed E-state index contributed by atoms with van der Waals surface area (Å²) in [4.78, 5) is 10.7. The normalized spacial score (nSPS) is 10.8. The topological polar surface area (TPSA) is 37.8 Å². The SMILES string of the molecule is Cc1sc(-c2csc(Nc3cccc(Cl)c3)n2)nc1-c1ccccc1. The van der Waals surface area contributed by atoms with E-state index >= 15 is 0 Å². The first-order valence-corrected chi connectivity index (χ1v) is 9.78. The van der Waals surface area contributed by atoms with Gasteiger partial charge in [-0.15, -0.1) is 22.7 Å². The van der Waals surface area contributed by atoms with Crippen LogP contribution in [0.4, 0.5) is 10.8 Å². The third-order valence-corrected chi connectivity index (χ3v) is 5.63. The van der Waals surface area contributed by atoms with Crippen LogP contribution in [0.5, 0.6) is 0 Å². The van der Waals surface area contributed by atoms with Crippen LogP contribution >= 0.6 is 34.3 Å². The highest BCUT2D eigenvalue weighted by Crippen LogP contribution is 2.35. The fraction of sp³-hybridized carbons (Fsp3) is 0.0526. The lowest BCUT2D eigenvalue weighted by atomic mass is 10.1. The van der Waals surface area contributed by atoms with E-state index in [1.807, 2.05) is 47.8 Å². The molecule has 0 aliphatic heterocycles. The second-order valence-electron chi connectivity index (χ2n) is 5.46.